The highest BCUT2D eigenvalue weighted by molar-refractivity contribution is 4.98. The van der Waals surface area contributed by atoms with Gasteiger partial charge in [0.05, 0.1) is 0 Å². The Bertz CT molecular complexity index is 242. The van der Waals surface area contributed by atoms with E-state index in [0.717, 1.165) is 5.69 Å². The summed E-state index contributed by atoms with van der Waals surface area (Å²) in [7, 11) is 0. The molecule has 1 aromatic heterocycles. The summed E-state index contributed by atoms with van der Waals surface area (Å²) in [5, 5.41) is 0. The number of aromatic amines is 1. The van der Waals surface area contributed by atoms with Crippen molar-refractivity contribution in [3.63, 3.8) is 0 Å². The molecule has 0 unspecified atom stereocenters. The van der Waals surface area contributed by atoms with Crippen LogP contribution in [-0.4, -0.2) is 9.97 Å². The van der Waals surface area contributed by atoms with Crippen LogP contribution in [0.25, 0.3) is 0 Å². The summed E-state index contributed by atoms with van der Waals surface area (Å²) in [5.74, 6) is 0.667. The van der Waals surface area contributed by atoms with Gasteiger partial charge in [-0.05, 0) is 13.8 Å². The first kappa shape index (κ1) is 9.88. The number of aryl methyl sites for hydroxylation is 2. The second kappa shape index (κ2) is 4.66. The average molecular weight is 154 g/mol. The summed E-state index contributed by atoms with van der Waals surface area (Å²) < 4.78 is 0. The maximum atomic E-state index is 10.6. The van der Waals surface area contributed by atoms with Gasteiger partial charge in [0.2, 0.25) is 0 Å². The van der Waals surface area contributed by atoms with E-state index in [9.17, 15) is 4.79 Å². The van der Waals surface area contributed by atoms with Crippen molar-refractivity contribution < 1.29 is 0 Å². The molecule has 1 rings (SSSR count). The SMILES string of the molecule is CC.Cc1cc(=O)[nH]c(C)n1. The molecule has 3 heteroatoms. The summed E-state index contributed by atoms with van der Waals surface area (Å²) in [6, 6.07) is 1.47. The van der Waals surface area contributed by atoms with Crippen LogP contribution in [0.4, 0.5) is 0 Å². The molecule has 1 N–H and O–H groups in total. The van der Waals surface area contributed by atoms with Crippen LogP contribution in [0.5, 0.6) is 0 Å². The van der Waals surface area contributed by atoms with Gasteiger partial charge < -0.3 is 4.98 Å². The van der Waals surface area contributed by atoms with Crippen molar-refractivity contribution in [2.24, 2.45) is 0 Å². The van der Waals surface area contributed by atoms with E-state index in [1.54, 1.807) is 13.8 Å². The Morgan fingerprint density at radius 2 is 1.91 bits per heavy atom. The zero-order valence-electron chi connectivity index (χ0n) is 7.43. The molecule has 0 spiro atoms. The molecule has 0 saturated heterocycles. The van der Waals surface area contributed by atoms with Crippen molar-refractivity contribution >= 4 is 0 Å². The van der Waals surface area contributed by atoms with Gasteiger partial charge >= 0.3 is 0 Å². The Morgan fingerprint density at radius 1 is 1.36 bits per heavy atom. The first-order valence-corrected chi connectivity index (χ1v) is 3.73. The first-order valence-electron chi connectivity index (χ1n) is 3.73. The predicted octanol–water partition coefficient (Wildman–Crippen LogP) is 1.41. The van der Waals surface area contributed by atoms with E-state index >= 15 is 0 Å². The minimum atomic E-state index is -0.0833. The Kier molecular flexibility index (Phi) is 4.18. The molecule has 3 nitrogen and oxygen atoms in total. The van der Waals surface area contributed by atoms with E-state index in [-0.39, 0.29) is 5.56 Å². The van der Waals surface area contributed by atoms with Crippen LogP contribution in [0.3, 0.4) is 0 Å². The van der Waals surface area contributed by atoms with E-state index in [2.05, 4.69) is 9.97 Å². The number of hydrogen-bond acceptors (Lipinski definition) is 2. The fourth-order valence-electron chi connectivity index (χ4n) is 0.729. The molecule has 0 amide bonds. The van der Waals surface area contributed by atoms with Crippen LogP contribution in [0.2, 0.25) is 0 Å². The Morgan fingerprint density at radius 3 is 2.27 bits per heavy atom. The summed E-state index contributed by atoms with van der Waals surface area (Å²) in [6.45, 7) is 7.55. The van der Waals surface area contributed by atoms with Crippen molar-refractivity contribution in [2.45, 2.75) is 27.7 Å². The summed E-state index contributed by atoms with van der Waals surface area (Å²) in [4.78, 5) is 17.1. The van der Waals surface area contributed by atoms with Crippen molar-refractivity contribution in [1.82, 2.24) is 9.97 Å². The highest BCUT2D eigenvalue weighted by atomic mass is 16.1. The lowest BCUT2D eigenvalue weighted by Crippen LogP contribution is -2.08. The van der Waals surface area contributed by atoms with Gasteiger partial charge in [-0.3, -0.25) is 4.79 Å². The molecule has 0 bridgehead atoms. The molecular weight excluding hydrogens is 140 g/mol. The third kappa shape index (κ3) is 3.55. The number of nitrogens with one attached hydrogen (secondary N) is 1. The number of rotatable bonds is 0. The Labute approximate surface area is 66.5 Å². The van der Waals surface area contributed by atoms with Gasteiger partial charge in [-0.2, -0.15) is 0 Å². The van der Waals surface area contributed by atoms with Gasteiger partial charge in [0.1, 0.15) is 5.82 Å². The van der Waals surface area contributed by atoms with Crippen molar-refractivity contribution in [3.05, 3.63) is 27.9 Å². The molecule has 0 aliphatic carbocycles. The normalized spacial score (nSPS) is 8.36. The van der Waals surface area contributed by atoms with Gasteiger partial charge in [-0.25, -0.2) is 4.98 Å². The molecule has 0 aliphatic heterocycles. The molecule has 1 aromatic rings. The molecule has 0 aliphatic rings. The third-order valence-electron chi connectivity index (χ3n) is 0.988. The monoisotopic (exact) mass is 154 g/mol. The van der Waals surface area contributed by atoms with Crippen molar-refractivity contribution in [2.75, 3.05) is 0 Å². The molecule has 0 fully saturated rings. The van der Waals surface area contributed by atoms with Crippen LogP contribution in [0.15, 0.2) is 10.9 Å². The first-order chi connectivity index (χ1) is 5.18. The Balaban J connectivity index is 0.000000461. The quantitative estimate of drug-likeness (QED) is 0.614. The summed E-state index contributed by atoms with van der Waals surface area (Å²) in [5.41, 5.74) is 0.677. The standard InChI is InChI=1S/C6H8N2O.C2H6/c1-4-3-6(9)8-5(2)7-4;1-2/h3H,1-2H3,(H,7,8,9);1-2H3. The molecule has 1 heterocycles. The molecule has 0 aromatic carbocycles. The third-order valence-corrected chi connectivity index (χ3v) is 0.988. The minimum absolute atomic E-state index is 0.0833. The van der Waals surface area contributed by atoms with E-state index < -0.39 is 0 Å². The van der Waals surface area contributed by atoms with Gasteiger partial charge in [0.15, 0.2) is 0 Å². The molecule has 11 heavy (non-hydrogen) atoms. The van der Waals surface area contributed by atoms with Gasteiger partial charge in [0, 0.05) is 11.8 Å². The lowest BCUT2D eigenvalue weighted by atomic mass is 10.4. The van der Waals surface area contributed by atoms with Gasteiger partial charge in [0.25, 0.3) is 5.56 Å². The fraction of sp³-hybridized carbons (Fsp3) is 0.500. The second-order valence-electron chi connectivity index (χ2n) is 1.97. The fourth-order valence-corrected chi connectivity index (χ4v) is 0.729. The number of nitrogens with zero attached hydrogens (tertiary/aromatic N) is 1. The molecule has 0 saturated carbocycles. The molecule has 62 valence electrons. The maximum Gasteiger partial charge on any atom is 0.251 e. The van der Waals surface area contributed by atoms with Crippen molar-refractivity contribution in [3.8, 4) is 0 Å². The topological polar surface area (TPSA) is 45.8 Å². The number of H-pyrrole nitrogens is 1. The number of hydrogen-bond donors (Lipinski definition) is 1. The van der Waals surface area contributed by atoms with Crippen LogP contribution < -0.4 is 5.56 Å². The lowest BCUT2D eigenvalue weighted by Gasteiger charge is -1.90. The zero-order valence-corrected chi connectivity index (χ0v) is 7.43. The van der Waals surface area contributed by atoms with E-state index in [1.807, 2.05) is 13.8 Å². The lowest BCUT2D eigenvalue weighted by molar-refractivity contribution is 0.982. The van der Waals surface area contributed by atoms with Crippen LogP contribution >= 0.6 is 0 Å². The summed E-state index contributed by atoms with van der Waals surface area (Å²) >= 11 is 0. The Hall–Kier alpha value is -1.12. The van der Waals surface area contributed by atoms with E-state index in [1.165, 1.54) is 6.07 Å². The smallest absolute Gasteiger partial charge is 0.251 e. The largest absolute Gasteiger partial charge is 0.311 e. The molecule has 0 atom stereocenters. The second-order valence-corrected chi connectivity index (χ2v) is 1.97. The van der Waals surface area contributed by atoms with E-state index in [0.29, 0.717) is 5.82 Å². The van der Waals surface area contributed by atoms with E-state index in [4.69, 9.17) is 0 Å². The summed E-state index contributed by atoms with van der Waals surface area (Å²) in [6.07, 6.45) is 0. The minimum Gasteiger partial charge on any atom is -0.311 e. The van der Waals surface area contributed by atoms with Crippen LogP contribution in [0.1, 0.15) is 25.4 Å². The number of aromatic nitrogens is 2. The van der Waals surface area contributed by atoms with Crippen LogP contribution in [0, 0.1) is 13.8 Å². The highest BCUT2D eigenvalue weighted by Crippen LogP contribution is 1.84. The predicted molar refractivity (Wildman–Crippen MR) is 45.7 cm³/mol. The van der Waals surface area contributed by atoms with Crippen LogP contribution in [-0.2, 0) is 0 Å². The maximum absolute atomic E-state index is 10.6. The molecular formula is C8H14N2O. The molecule has 0 radical (unpaired) electrons. The van der Waals surface area contributed by atoms with Gasteiger partial charge in [-0.15, -0.1) is 0 Å². The highest BCUT2D eigenvalue weighted by Gasteiger charge is 1.88. The zero-order chi connectivity index (χ0) is 8.85. The van der Waals surface area contributed by atoms with Crippen molar-refractivity contribution in [1.29, 1.82) is 0 Å². The average Bonchev–Trinajstić information content (AvgIpc) is 1.88. The van der Waals surface area contributed by atoms with Gasteiger partial charge in [-0.1, -0.05) is 13.8 Å².